The molecule has 0 bridgehead atoms. The van der Waals surface area contributed by atoms with Crippen molar-refractivity contribution in [3.63, 3.8) is 0 Å². The molecule has 3 N–H and O–H groups in total. The molecule has 2 amide bonds. The predicted molar refractivity (Wildman–Crippen MR) is 179 cm³/mol. The van der Waals surface area contributed by atoms with Gasteiger partial charge in [0.25, 0.3) is 11.8 Å². The molecule has 0 aliphatic heterocycles. The summed E-state index contributed by atoms with van der Waals surface area (Å²) in [4.78, 5) is 29.9. The van der Waals surface area contributed by atoms with Crippen LogP contribution in [0.3, 0.4) is 0 Å². The van der Waals surface area contributed by atoms with Crippen LogP contribution in [-0.2, 0) is 4.79 Å². The standard InChI is InChI=1S/C34H30ClN5O3S/c1-21-7-14-28(15-8-21)37-34-39-30(20-44-34)24-9-11-25(12-10-24)33(42)40-36-18-26-17-27(35)13-16-31(26)43-19-32(41)38-29-6-4-5-22(2)23(29)3/h4-18,20H,19H2,1-3H3,(H,37,39)(H,38,41)(H,40,42)/b36-18+. The number of thiazole rings is 1. The molecule has 10 heteroatoms. The molecule has 0 atom stereocenters. The number of halogens is 1. The summed E-state index contributed by atoms with van der Waals surface area (Å²) in [6.45, 7) is 5.77. The van der Waals surface area contributed by atoms with Crippen molar-refractivity contribution >= 4 is 57.5 Å². The summed E-state index contributed by atoms with van der Waals surface area (Å²) in [5.74, 6) is -0.290. The van der Waals surface area contributed by atoms with E-state index in [-0.39, 0.29) is 18.4 Å². The number of hydrazone groups is 1. The zero-order chi connectivity index (χ0) is 31.1. The number of nitrogens with one attached hydrogen (secondary N) is 3. The van der Waals surface area contributed by atoms with Gasteiger partial charge in [-0.1, -0.05) is 53.6 Å². The molecule has 222 valence electrons. The number of aryl methyl sites for hydroxylation is 2. The van der Waals surface area contributed by atoms with Crippen LogP contribution in [0, 0.1) is 20.8 Å². The van der Waals surface area contributed by atoms with Gasteiger partial charge in [-0.15, -0.1) is 11.3 Å². The summed E-state index contributed by atoms with van der Waals surface area (Å²) in [6, 6.07) is 25.9. The number of hydrogen-bond acceptors (Lipinski definition) is 7. The predicted octanol–water partition coefficient (Wildman–Crippen LogP) is 7.91. The van der Waals surface area contributed by atoms with Crippen molar-refractivity contribution in [2.75, 3.05) is 17.2 Å². The van der Waals surface area contributed by atoms with E-state index in [2.05, 4.69) is 26.1 Å². The van der Waals surface area contributed by atoms with E-state index < -0.39 is 0 Å². The SMILES string of the molecule is Cc1ccc(Nc2nc(-c3ccc(C(=O)N/N=C/c4cc(Cl)ccc4OCC(=O)Nc4cccc(C)c4C)cc3)cs2)cc1. The van der Waals surface area contributed by atoms with E-state index in [0.717, 1.165) is 38.9 Å². The fourth-order valence-electron chi connectivity index (χ4n) is 4.21. The van der Waals surface area contributed by atoms with Crippen LogP contribution in [0.1, 0.15) is 32.6 Å². The Morgan fingerprint density at radius 3 is 2.52 bits per heavy atom. The third kappa shape index (κ3) is 7.89. The number of benzene rings is 4. The molecule has 8 nitrogen and oxygen atoms in total. The van der Waals surface area contributed by atoms with Gasteiger partial charge in [0, 0.05) is 38.5 Å². The first-order valence-electron chi connectivity index (χ1n) is 13.8. The maximum Gasteiger partial charge on any atom is 0.271 e. The Hall–Kier alpha value is -4.99. The Bertz CT molecular complexity index is 1820. The number of ether oxygens (including phenoxy) is 1. The molecule has 5 rings (SSSR count). The van der Waals surface area contributed by atoms with Crippen molar-refractivity contribution in [3.8, 4) is 17.0 Å². The molecule has 4 aromatic carbocycles. The molecule has 0 saturated heterocycles. The van der Waals surface area contributed by atoms with Crippen molar-refractivity contribution < 1.29 is 14.3 Å². The average molecular weight is 624 g/mol. The Labute approximate surface area is 264 Å². The highest BCUT2D eigenvalue weighted by molar-refractivity contribution is 7.14. The van der Waals surface area contributed by atoms with Crippen molar-refractivity contribution in [1.29, 1.82) is 0 Å². The van der Waals surface area contributed by atoms with Crippen molar-refractivity contribution in [3.05, 3.63) is 123 Å². The van der Waals surface area contributed by atoms with Gasteiger partial charge in [-0.05, 0) is 80.4 Å². The molecular formula is C34H30ClN5O3S. The van der Waals surface area contributed by atoms with E-state index in [1.807, 2.05) is 80.7 Å². The van der Waals surface area contributed by atoms with Crippen LogP contribution in [0.15, 0.2) is 95.4 Å². The van der Waals surface area contributed by atoms with E-state index in [4.69, 9.17) is 16.3 Å². The van der Waals surface area contributed by atoms with Gasteiger partial charge in [0.1, 0.15) is 5.75 Å². The molecule has 1 aromatic heterocycles. The Balaban J connectivity index is 1.17. The van der Waals surface area contributed by atoms with Gasteiger partial charge >= 0.3 is 0 Å². The van der Waals surface area contributed by atoms with Gasteiger partial charge in [0.15, 0.2) is 11.7 Å². The number of anilines is 3. The second-order valence-corrected chi connectivity index (χ2v) is 11.4. The maximum absolute atomic E-state index is 12.7. The highest BCUT2D eigenvalue weighted by Gasteiger charge is 2.11. The second kappa shape index (κ2) is 14.0. The minimum atomic E-state index is -0.384. The lowest BCUT2D eigenvalue weighted by Gasteiger charge is -2.12. The molecular weight excluding hydrogens is 594 g/mol. The fourth-order valence-corrected chi connectivity index (χ4v) is 5.13. The zero-order valence-electron chi connectivity index (χ0n) is 24.4. The highest BCUT2D eigenvalue weighted by atomic mass is 35.5. The normalized spacial score (nSPS) is 10.9. The lowest BCUT2D eigenvalue weighted by atomic mass is 10.1. The monoisotopic (exact) mass is 623 g/mol. The lowest BCUT2D eigenvalue weighted by molar-refractivity contribution is -0.118. The molecule has 0 unspecified atom stereocenters. The van der Waals surface area contributed by atoms with Gasteiger partial charge in [0.05, 0.1) is 11.9 Å². The number of carbonyl (C=O) groups is 2. The van der Waals surface area contributed by atoms with Crippen LogP contribution in [0.25, 0.3) is 11.3 Å². The van der Waals surface area contributed by atoms with Crippen molar-refractivity contribution in [2.45, 2.75) is 20.8 Å². The molecule has 44 heavy (non-hydrogen) atoms. The first-order chi connectivity index (χ1) is 21.2. The highest BCUT2D eigenvalue weighted by Crippen LogP contribution is 2.28. The van der Waals surface area contributed by atoms with Gasteiger partial charge in [-0.2, -0.15) is 5.10 Å². The van der Waals surface area contributed by atoms with Crippen LogP contribution in [0.2, 0.25) is 5.02 Å². The molecule has 5 aromatic rings. The fraction of sp³-hybridized carbons (Fsp3) is 0.118. The van der Waals surface area contributed by atoms with E-state index >= 15 is 0 Å². The molecule has 0 aliphatic rings. The summed E-state index contributed by atoms with van der Waals surface area (Å²) in [5, 5.41) is 13.5. The van der Waals surface area contributed by atoms with E-state index in [1.165, 1.54) is 23.1 Å². The molecule has 0 radical (unpaired) electrons. The number of carbonyl (C=O) groups excluding carboxylic acids is 2. The summed E-state index contributed by atoms with van der Waals surface area (Å²) >= 11 is 7.69. The topological polar surface area (TPSA) is 105 Å². The van der Waals surface area contributed by atoms with Gasteiger partial charge < -0.3 is 15.4 Å². The van der Waals surface area contributed by atoms with Gasteiger partial charge in [0.2, 0.25) is 0 Å². The Morgan fingerprint density at radius 1 is 0.977 bits per heavy atom. The smallest absolute Gasteiger partial charge is 0.271 e. The Morgan fingerprint density at radius 2 is 1.75 bits per heavy atom. The number of aromatic nitrogens is 1. The maximum atomic E-state index is 12.7. The molecule has 1 heterocycles. The third-order valence-corrected chi connectivity index (χ3v) is 7.82. The quantitative estimate of drug-likeness (QED) is 0.108. The minimum absolute atomic E-state index is 0.211. The molecule has 0 aliphatic carbocycles. The third-order valence-electron chi connectivity index (χ3n) is 6.83. The summed E-state index contributed by atoms with van der Waals surface area (Å²) in [7, 11) is 0. The largest absolute Gasteiger partial charge is 0.483 e. The molecule has 0 fully saturated rings. The van der Waals surface area contributed by atoms with Crippen molar-refractivity contribution in [1.82, 2.24) is 10.4 Å². The average Bonchev–Trinajstić information content (AvgIpc) is 3.48. The minimum Gasteiger partial charge on any atom is -0.483 e. The molecule has 0 saturated carbocycles. The van der Waals surface area contributed by atoms with Gasteiger partial charge in [-0.25, -0.2) is 10.4 Å². The number of hydrogen-bond donors (Lipinski definition) is 3. The van der Waals surface area contributed by atoms with E-state index in [0.29, 0.717) is 21.9 Å². The summed E-state index contributed by atoms with van der Waals surface area (Å²) < 4.78 is 5.75. The first-order valence-corrected chi connectivity index (χ1v) is 15.0. The summed E-state index contributed by atoms with van der Waals surface area (Å²) in [6.07, 6.45) is 1.42. The lowest BCUT2D eigenvalue weighted by Crippen LogP contribution is -2.21. The summed E-state index contributed by atoms with van der Waals surface area (Å²) in [5.41, 5.74) is 10.1. The van der Waals surface area contributed by atoms with E-state index in [9.17, 15) is 9.59 Å². The van der Waals surface area contributed by atoms with Crippen LogP contribution in [0.4, 0.5) is 16.5 Å². The second-order valence-electron chi connectivity index (χ2n) is 10.1. The number of amides is 2. The molecule has 0 spiro atoms. The number of rotatable bonds is 10. The van der Waals surface area contributed by atoms with Crippen LogP contribution < -0.4 is 20.8 Å². The van der Waals surface area contributed by atoms with Crippen LogP contribution in [-0.4, -0.2) is 29.6 Å². The first kappa shape index (κ1) is 30.5. The van der Waals surface area contributed by atoms with E-state index in [1.54, 1.807) is 30.3 Å². The van der Waals surface area contributed by atoms with Gasteiger partial charge in [-0.3, -0.25) is 9.59 Å². The zero-order valence-corrected chi connectivity index (χ0v) is 25.9. The number of nitrogens with zero attached hydrogens (tertiary/aromatic N) is 2. The van der Waals surface area contributed by atoms with Crippen molar-refractivity contribution in [2.24, 2.45) is 5.10 Å². The Kier molecular flexibility index (Phi) is 9.69. The van der Waals surface area contributed by atoms with Crippen LogP contribution >= 0.6 is 22.9 Å². The van der Waals surface area contributed by atoms with Crippen LogP contribution in [0.5, 0.6) is 5.75 Å².